The monoisotopic (exact) mass is 292 g/mol. The zero-order valence-corrected chi connectivity index (χ0v) is 11.9. The highest BCUT2D eigenvalue weighted by Gasteiger charge is 2.05. The summed E-state index contributed by atoms with van der Waals surface area (Å²) < 4.78 is 0. The molecule has 1 aromatic carbocycles. The Morgan fingerprint density at radius 1 is 1.05 bits per heavy atom. The molecule has 2 rings (SSSR count). The summed E-state index contributed by atoms with van der Waals surface area (Å²) in [7, 11) is 0. The molecular formula is C13H13ClN4S. The van der Waals surface area contributed by atoms with E-state index in [1.54, 1.807) is 11.3 Å². The number of benzene rings is 1. The predicted molar refractivity (Wildman–Crippen MR) is 82.8 cm³/mol. The topological polar surface area (TPSA) is 76.8 Å². The Morgan fingerprint density at radius 2 is 1.74 bits per heavy atom. The van der Waals surface area contributed by atoms with E-state index < -0.39 is 0 Å². The first-order valence-corrected chi connectivity index (χ1v) is 6.75. The molecule has 0 atom stereocenters. The smallest absolute Gasteiger partial charge is 0.211 e. The number of guanidine groups is 1. The third-order valence-corrected chi connectivity index (χ3v) is 3.90. The lowest BCUT2D eigenvalue weighted by atomic mass is 10.2. The van der Waals surface area contributed by atoms with Crippen LogP contribution in [0.15, 0.2) is 46.6 Å². The van der Waals surface area contributed by atoms with Crippen LogP contribution < -0.4 is 11.5 Å². The molecule has 1 aromatic heterocycles. The maximum atomic E-state index is 5.87. The fourth-order valence-electron chi connectivity index (χ4n) is 1.48. The van der Waals surface area contributed by atoms with Gasteiger partial charge in [-0.1, -0.05) is 23.7 Å². The maximum Gasteiger partial charge on any atom is 0.211 e. The highest BCUT2D eigenvalue weighted by atomic mass is 35.5. The van der Waals surface area contributed by atoms with Crippen LogP contribution in [0.3, 0.4) is 0 Å². The van der Waals surface area contributed by atoms with Gasteiger partial charge in [0.15, 0.2) is 0 Å². The minimum Gasteiger partial charge on any atom is -0.369 e. The summed E-state index contributed by atoms with van der Waals surface area (Å²) in [5.41, 5.74) is 12.4. The fourth-order valence-corrected chi connectivity index (χ4v) is 2.56. The van der Waals surface area contributed by atoms with Crippen molar-refractivity contribution in [2.75, 3.05) is 0 Å². The molecule has 0 fully saturated rings. The summed E-state index contributed by atoms with van der Waals surface area (Å²) in [6.45, 7) is 1.86. The minimum absolute atomic E-state index is 0.0474. The van der Waals surface area contributed by atoms with E-state index in [0.717, 1.165) is 26.1 Å². The van der Waals surface area contributed by atoms with Gasteiger partial charge in [-0.3, -0.25) is 0 Å². The number of thiophene rings is 1. The molecule has 98 valence electrons. The summed E-state index contributed by atoms with van der Waals surface area (Å²) >= 11 is 7.50. The molecule has 0 aliphatic carbocycles. The highest BCUT2D eigenvalue weighted by molar-refractivity contribution is 7.17. The van der Waals surface area contributed by atoms with E-state index in [0.29, 0.717) is 0 Å². The standard InChI is InChI=1S/C13H13ClN4S/c1-8(17-18-13(15)16)11-6-7-12(19-11)9-2-4-10(14)5-3-9/h2-7H,1H3,(H4,15,16,18)/b17-8-. The van der Waals surface area contributed by atoms with Crippen LogP contribution in [-0.2, 0) is 0 Å². The Bertz CT molecular complexity index is 624. The van der Waals surface area contributed by atoms with Crippen LogP contribution in [0.1, 0.15) is 11.8 Å². The number of hydrogen-bond acceptors (Lipinski definition) is 3. The van der Waals surface area contributed by atoms with Crippen LogP contribution >= 0.6 is 22.9 Å². The molecule has 1 heterocycles. The SMILES string of the molecule is C/C(=N/N=C(N)N)c1ccc(-c2ccc(Cl)cc2)s1. The molecule has 2 aromatic rings. The van der Waals surface area contributed by atoms with Crippen LogP contribution in [0.2, 0.25) is 5.02 Å². The summed E-state index contributed by atoms with van der Waals surface area (Å²) in [6.07, 6.45) is 0. The van der Waals surface area contributed by atoms with E-state index in [4.69, 9.17) is 23.1 Å². The summed E-state index contributed by atoms with van der Waals surface area (Å²) in [5.74, 6) is -0.0474. The molecule has 0 saturated carbocycles. The van der Waals surface area contributed by atoms with Gasteiger partial charge in [-0.15, -0.1) is 16.4 Å². The third-order valence-electron chi connectivity index (χ3n) is 2.41. The van der Waals surface area contributed by atoms with Gasteiger partial charge < -0.3 is 11.5 Å². The Labute approximate surface area is 120 Å². The zero-order chi connectivity index (χ0) is 13.8. The molecule has 0 unspecified atom stereocenters. The van der Waals surface area contributed by atoms with Crippen LogP contribution in [0.25, 0.3) is 10.4 Å². The molecule has 6 heteroatoms. The van der Waals surface area contributed by atoms with E-state index in [9.17, 15) is 0 Å². The Morgan fingerprint density at radius 3 is 2.37 bits per heavy atom. The molecule has 0 saturated heterocycles. The molecule has 0 aliphatic rings. The average Bonchev–Trinajstić information content (AvgIpc) is 2.86. The summed E-state index contributed by atoms with van der Waals surface area (Å²) in [4.78, 5) is 2.17. The fraction of sp³-hybridized carbons (Fsp3) is 0.0769. The second-order valence-electron chi connectivity index (χ2n) is 3.88. The van der Waals surface area contributed by atoms with Gasteiger partial charge in [0, 0.05) is 9.90 Å². The lowest BCUT2D eigenvalue weighted by Crippen LogP contribution is -2.22. The van der Waals surface area contributed by atoms with Gasteiger partial charge in [-0.25, -0.2) is 0 Å². The van der Waals surface area contributed by atoms with Crippen molar-refractivity contribution < 1.29 is 0 Å². The van der Waals surface area contributed by atoms with Crippen LogP contribution in [0, 0.1) is 0 Å². The van der Waals surface area contributed by atoms with Crippen molar-refractivity contribution in [2.24, 2.45) is 21.7 Å². The normalized spacial score (nSPS) is 11.4. The number of rotatable bonds is 3. The lowest BCUT2D eigenvalue weighted by Gasteiger charge is -1.97. The first-order valence-electron chi connectivity index (χ1n) is 5.55. The summed E-state index contributed by atoms with van der Waals surface area (Å²) in [6, 6.07) is 11.8. The van der Waals surface area contributed by atoms with Gasteiger partial charge in [0.05, 0.1) is 10.6 Å². The Balaban J connectivity index is 2.26. The second kappa shape index (κ2) is 5.86. The van der Waals surface area contributed by atoms with E-state index in [-0.39, 0.29) is 5.96 Å². The van der Waals surface area contributed by atoms with Gasteiger partial charge in [0.25, 0.3) is 0 Å². The van der Waals surface area contributed by atoms with E-state index >= 15 is 0 Å². The van der Waals surface area contributed by atoms with Crippen LogP contribution in [0.5, 0.6) is 0 Å². The van der Waals surface area contributed by atoms with Gasteiger partial charge in [-0.2, -0.15) is 5.10 Å². The number of hydrogen-bond donors (Lipinski definition) is 2. The average molecular weight is 293 g/mol. The molecule has 4 N–H and O–H groups in total. The first kappa shape index (κ1) is 13.6. The largest absolute Gasteiger partial charge is 0.369 e. The van der Waals surface area contributed by atoms with Crippen molar-refractivity contribution in [1.29, 1.82) is 0 Å². The minimum atomic E-state index is -0.0474. The Kier molecular flexibility index (Phi) is 4.19. The van der Waals surface area contributed by atoms with Gasteiger partial charge in [0.2, 0.25) is 5.96 Å². The molecule has 0 spiro atoms. The van der Waals surface area contributed by atoms with Gasteiger partial charge in [0.1, 0.15) is 0 Å². The van der Waals surface area contributed by atoms with Crippen molar-refractivity contribution in [2.45, 2.75) is 6.92 Å². The molecule has 0 radical (unpaired) electrons. The van der Waals surface area contributed by atoms with Crippen LogP contribution in [0.4, 0.5) is 0 Å². The van der Waals surface area contributed by atoms with Crippen molar-refractivity contribution in [1.82, 2.24) is 0 Å². The molecule has 4 nitrogen and oxygen atoms in total. The quantitative estimate of drug-likeness (QED) is 0.518. The molecule has 0 aliphatic heterocycles. The van der Waals surface area contributed by atoms with Crippen molar-refractivity contribution in [3.05, 3.63) is 46.3 Å². The molecule has 0 bridgehead atoms. The lowest BCUT2D eigenvalue weighted by molar-refractivity contribution is 1.20. The third kappa shape index (κ3) is 3.56. The highest BCUT2D eigenvalue weighted by Crippen LogP contribution is 2.29. The van der Waals surface area contributed by atoms with Gasteiger partial charge >= 0.3 is 0 Å². The zero-order valence-electron chi connectivity index (χ0n) is 10.3. The molecular weight excluding hydrogens is 280 g/mol. The number of nitrogens with two attached hydrogens (primary N) is 2. The maximum absolute atomic E-state index is 5.87. The second-order valence-corrected chi connectivity index (χ2v) is 5.40. The van der Waals surface area contributed by atoms with E-state index in [1.807, 2.05) is 43.3 Å². The van der Waals surface area contributed by atoms with Crippen molar-refractivity contribution in [3.63, 3.8) is 0 Å². The Hall–Kier alpha value is -1.85. The van der Waals surface area contributed by atoms with Crippen molar-refractivity contribution in [3.8, 4) is 10.4 Å². The van der Waals surface area contributed by atoms with Crippen LogP contribution in [-0.4, -0.2) is 11.7 Å². The predicted octanol–water partition coefficient (Wildman–Crippen LogP) is 3.07. The van der Waals surface area contributed by atoms with Crippen molar-refractivity contribution >= 4 is 34.6 Å². The molecule has 19 heavy (non-hydrogen) atoms. The van der Waals surface area contributed by atoms with Gasteiger partial charge in [-0.05, 0) is 36.8 Å². The molecule has 0 amide bonds. The van der Waals surface area contributed by atoms with E-state index in [2.05, 4.69) is 10.2 Å². The number of halogens is 1. The summed E-state index contributed by atoms with van der Waals surface area (Å²) in [5, 5.41) is 8.33. The van der Waals surface area contributed by atoms with E-state index in [1.165, 1.54) is 0 Å². The first-order chi connectivity index (χ1) is 9.06. The number of nitrogens with zero attached hydrogens (tertiary/aromatic N) is 2.